The second kappa shape index (κ2) is 6.03. The van der Waals surface area contributed by atoms with Crippen LogP contribution in [0.25, 0.3) is 0 Å². The number of hydrogen-bond acceptors (Lipinski definition) is 3. The van der Waals surface area contributed by atoms with Crippen LogP contribution in [0, 0.1) is 0 Å². The molecule has 0 saturated carbocycles. The van der Waals surface area contributed by atoms with Crippen molar-refractivity contribution >= 4 is 17.4 Å². The summed E-state index contributed by atoms with van der Waals surface area (Å²) in [6.45, 7) is 4.06. The molecular formula is C13H18ClNO2. The molecule has 1 aromatic carbocycles. The monoisotopic (exact) mass is 255 g/mol. The van der Waals surface area contributed by atoms with Gasteiger partial charge in [-0.25, -0.2) is 0 Å². The number of likely N-dealkylation sites (N-methyl/N-ethyl adjacent to an activating group) is 1. The summed E-state index contributed by atoms with van der Waals surface area (Å²) in [6, 6.07) is 5.21. The molecule has 1 rings (SSSR count). The first-order chi connectivity index (χ1) is 7.97. The first kappa shape index (κ1) is 14.0. The van der Waals surface area contributed by atoms with Gasteiger partial charge < -0.3 is 4.74 Å². The van der Waals surface area contributed by atoms with Crippen molar-refractivity contribution in [2.75, 3.05) is 20.7 Å². The molecule has 1 atom stereocenters. The number of halogens is 1. The minimum Gasteiger partial charge on any atom is -0.492 e. The van der Waals surface area contributed by atoms with E-state index in [1.165, 1.54) is 0 Å². The number of ketones is 1. The predicted octanol–water partition coefficient (Wildman–Crippen LogP) is 2.93. The quantitative estimate of drug-likeness (QED) is 0.810. The van der Waals surface area contributed by atoms with Gasteiger partial charge in [-0.2, -0.15) is 0 Å². The number of hydrogen-bond donors (Lipinski definition) is 0. The van der Waals surface area contributed by atoms with E-state index in [9.17, 15) is 4.79 Å². The number of benzene rings is 1. The molecule has 0 aliphatic rings. The van der Waals surface area contributed by atoms with Crippen LogP contribution in [-0.2, 0) is 4.79 Å². The van der Waals surface area contributed by atoms with E-state index < -0.39 is 0 Å². The van der Waals surface area contributed by atoms with Gasteiger partial charge in [-0.15, -0.1) is 0 Å². The molecule has 17 heavy (non-hydrogen) atoms. The number of rotatable bonds is 5. The normalized spacial score (nSPS) is 12.6. The van der Waals surface area contributed by atoms with E-state index in [4.69, 9.17) is 16.3 Å². The average molecular weight is 256 g/mol. The maximum absolute atomic E-state index is 11.6. The van der Waals surface area contributed by atoms with Crippen LogP contribution in [-0.4, -0.2) is 31.4 Å². The number of ether oxygens (including phenoxy) is 1. The molecule has 1 aromatic rings. The summed E-state index contributed by atoms with van der Waals surface area (Å²) in [5.74, 6) is 0.745. The van der Waals surface area contributed by atoms with Crippen molar-refractivity contribution in [1.82, 2.24) is 4.90 Å². The Morgan fingerprint density at radius 1 is 1.47 bits per heavy atom. The standard InChI is InChI=1S/C13H18ClNO2/c1-5-17-12-7-6-10(8-11(12)14)13(9(2)16)15(3)4/h6-8,13H,5H2,1-4H3. The van der Waals surface area contributed by atoms with Crippen molar-refractivity contribution in [2.45, 2.75) is 19.9 Å². The van der Waals surface area contributed by atoms with Gasteiger partial charge in [-0.05, 0) is 45.6 Å². The Kier molecular flexibility index (Phi) is 4.97. The molecule has 0 aliphatic carbocycles. The Labute approximate surface area is 107 Å². The van der Waals surface area contributed by atoms with Crippen LogP contribution in [0.3, 0.4) is 0 Å². The van der Waals surface area contributed by atoms with E-state index in [0.717, 1.165) is 5.56 Å². The lowest BCUT2D eigenvalue weighted by molar-refractivity contribution is -0.121. The first-order valence-corrected chi connectivity index (χ1v) is 5.94. The molecule has 0 radical (unpaired) electrons. The molecule has 0 aromatic heterocycles. The lowest BCUT2D eigenvalue weighted by atomic mass is 10.0. The van der Waals surface area contributed by atoms with E-state index in [1.807, 2.05) is 32.0 Å². The fraction of sp³-hybridized carbons (Fsp3) is 0.462. The number of carbonyl (C=O) groups is 1. The summed E-state index contributed by atoms with van der Waals surface area (Å²) in [5.41, 5.74) is 0.885. The second-order valence-corrected chi connectivity index (χ2v) is 4.51. The Balaban J connectivity index is 3.06. The Hall–Kier alpha value is -1.06. The maximum Gasteiger partial charge on any atom is 0.151 e. The molecular weight excluding hydrogens is 238 g/mol. The lowest BCUT2D eigenvalue weighted by Gasteiger charge is -2.22. The van der Waals surface area contributed by atoms with Gasteiger partial charge in [0.05, 0.1) is 17.7 Å². The highest BCUT2D eigenvalue weighted by Gasteiger charge is 2.19. The van der Waals surface area contributed by atoms with Crippen LogP contribution < -0.4 is 4.74 Å². The van der Waals surface area contributed by atoms with Crippen molar-refractivity contribution < 1.29 is 9.53 Å². The van der Waals surface area contributed by atoms with E-state index in [-0.39, 0.29) is 11.8 Å². The van der Waals surface area contributed by atoms with E-state index >= 15 is 0 Å². The van der Waals surface area contributed by atoms with Gasteiger partial charge in [-0.3, -0.25) is 9.69 Å². The first-order valence-electron chi connectivity index (χ1n) is 5.56. The highest BCUT2D eigenvalue weighted by molar-refractivity contribution is 6.32. The third kappa shape index (κ3) is 3.45. The Bertz CT molecular complexity index is 404. The molecule has 0 amide bonds. The minimum absolute atomic E-state index is 0.0928. The van der Waals surface area contributed by atoms with Gasteiger partial charge in [0.2, 0.25) is 0 Å². The molecule has 0 bridgehead atoms. The van der Waals surface area contributed by atoms with Crippen molar-refractivity contribution in [2.24, 2.45) is 0 Å². The molecule has 3 nitrogen and oxygen atoms in total. The predicted molar refractivity (Wildman–Crippen MR) is 69.7 cm³/mol. The molecule has 1 unspecified atom stereocenters. The maximum atomic E-state index is 11.6. The Morgan fingerprint density at radius 3 is 2.53 bits per heavy atom. The van der Waals surface area contributed by atoms with Gasteiger partial charge in [0.15, 0.2) is 5.78 Å². The summed E-state index contributed by atoms with van der Waals surface area (Å²) in [5, 5.41) is 0.539. The molecule has 0 fully saturated rings. The topological polar surface area (TPSA) is 29.5 Å². The van der Waals surface area contributed by atoms with Gasteiger partial charge in [0.1, 0.15) is 5.75 Å². The van der Waals surface area contributed by atoms with E-state index in [2.05, 4.69) is 0 Å². The summed E-state index contributed by atoms with van der Waals surface area (Å²) in [7, 11) is 3.74. The van der Waals surface area contributed by atoms with Gasteiger partial charge in [-0.1, -0.05) is 17.7 Å². The Morgan fingerprint density at radius 2 is 2.12 bits per heavy atom. The molecule has 94 valence electrons. The van der Waals surface area contributed by atoms with Crippen molar-refractivity contribution in [3.63, 3.8) is 0 Å². The summed E-state index contributed by atoms with van der Waals surface area (Å²) >= 11 is 6.11. The molecule has 0 heterocycles. The van der Waals surface area contributed by atoms with Crippen LogP contribution in [0.4, 0.5) is 0 Å². The van der Waals surface area contributed by atoms with E-state index in [1.54, 1.807) is 19.1 Å². The second-order valence-electron chi connectivity index (χ2n) is 4.10. The smallest absolute Gasteiger partial charge is 0.151 e. The molecule has 0 N–H and O–H groups in total. The highest BCUT2D eigenvalue weighted by atomic mass is 35.5. The van der Waals surface area contributed by atoms with Crippen molar-refractivity contribution in [3.8, 4) is 5.75 Å². The zero-order valence-corrected chi connectivity index (χ0v) is 11.4. The summed E-state index contributed by atoms with van der Waals surface area (Å²) in [6.07, 6.45) is 0. The zero-order chi connectivity index (χ0) is 13.0. The van der Waals surface area contributed by atoms with Gasteiger partial charge >= 0.3 is 0 Å². The van der Waals surface area contributed by atoms with Crippen LogP contribution in [0.1, 0.15) is 25.5 Å². The van der Waals surface area contributed by atoms with Gasteiger partial charge in [0, 0.05) is 0 Å². The fourth-order valence-electron chi connectivity index (χ4n) is 1.86. The summed E-state index contributed by atoms with van der Waals surface area (Å²) in [4.78, 5) is 13.5. The highest BCUT2D eigenvalue weighted by Crippen LogP contribution is 2.29. The molecule has 4 heteroatoms. The summed E-state index contributed by atoms with van der Waals surface area (Å²) < 4.78 is 5.36. The van der Waals surface area contributed by atoms with E-state index in [0.29, 0.717) is 17.4 Å². The van der Waals surface area contributed by atoms with Crippen LogP contribution in [0.15, 0.2) is 18.2 Å². The van der Waals surface area contributed by atoms with Crippen molar-refractivity contribution in [1.29, 1.82) is 0 Å². The minimum atomic E-state index is -0.261. The number of Topliss-reactive ketones (excluding diaryl/α,β-unsaturated/α-hetero) is 1. The third-order valence-corrected chi connectivity index (χ3v) is 2.77. The van der Waals surface area contributed by atoms with Crippen molar-refractivity contribution in [3.05, 3.63) is 28.8 Å². The third-order valence-electron chi connectivity index (χ3n) is 2.47. The molecule has 0 saturated heterocycles. The lowest BCUT2D eigenvalue weighted by Crippen LogP contribution is -2.25. The average Bonchev–Trinajstić information content (AvgIpc) is 2.21. The fourth-order valence-corrected chi connectivity index (χ4v) is 2.10. The number of nitrogens with zero attached hydrogens (tertiary/aromatic N) is 1. The molecule has 0 aliphatic heterocycles. The van der Waals surface area contributed by atoms with Gasteiger partial charge in [0.25, 0.3) is 0 Å². The number of carbonyl (C=O) groups excluding carboxylic acids is 1. The van der Waals surface area contributed by atoms with Crippen LogP contribution >= 0.6 is 11.6 Å². The largest absolute Gasteiger partial charge is 0.492 e. The van der Waals surface area contributed by atoms with Crippen LogP contribution in [0.5, 0.6) is 5.75 Å². The SMILES string of the molecule is CCOc1ccc(C(C(C)=O)N(C)C)cc1Cl. The van der Waals surface area contributed by atoms with Crippen LogP contribution in [0.2, 0.25) is 5.02 Å². The molecule has 0 spiro atoms. The zero-order valence-electron chi connectivity index (χ0n) is 10.7.